The molecule has 1 amide bonds. The van der Waals surface area contributed by atoms with Crippen molar-refractivity contribution in [2.24, 2.45) is 5.92 Å². The van der Waals surface area contributed by atoms with E-state index in [9.17, 15) is 27.2 Å². The average molecular weight is 305 g/mol. The summed E-state index contributed by atoms with van der Waals surface area (Å²) in [6, 6.07) is 2.46. The van der Waals surface area contributed by atoms with Crippen LogP contribution < -0.4 is 0 Å². The zero-order valence-corrected chi connectivity index (χ0v) is 10.7. The number of hydrogen-bond donors (Lipinski definition) is 1. The van der Waals surface area contributed by atoms with Crippen LogP contribution in [0.25, 0.3) is 0 Å². The normalized spacial score (nSPS) is 18.9. The predicted octanol–water partition coefficient (Wildman–Crippen LogP) is 2.39. The molecule has 1 fully saturated rings. The van der Waals surface area contributed by atoms with E-state index in [2.05, 4.69) is 0 Å². The standard InChI is InChI=1S/C13H11F4NO3/c14-10-8(2-1-3-9(10)13(15,16)17)11(19)18-5-4-7(6-18)12(20)21/h1-3,7H,4-6H2,(H,20,21)/t7-/m1/s1. The molecule has 0 radical (unpaired) electrons. The Kier molecular flexibility index (Phi) is 3.89. The third-order valence-corrected chi connectivity index (χ3v) is 3.36. The number of alkyl halides is 3. The second kappa shape index (κ2) is 5.34. The number of halogens is 4. The van der Waals surface area contributed by atoms with E-state index in [4.69, 9.17) is 5.11 Å². The van der Waals surface area contributed by atoms with Crippen LogP contribution in [0.1, 0.15) is 22.3 Å². The van der Waals surface area contributed by atoms with Crippen molar-refractivity contribution < 1.29 is 32.3 Å². The van der Waals surface area contributed by atoms with Gasteiger partial charge in [0.05, 0.1) is 17.0 Å². The van der Waals surface area contributed by atoms with Gasteiger partial charge in [-0.1, -0.05) is 6.07 Å². The molecule has 8 heteroatoms. The molecule has 1 aliphatic heterocycles. The topological polar surface area (TPSA) is 57.6 Å². The highest BCUT2D eigenvalue weighted by atomic mass is 19.4. The van der Waals surface area contributed by atoms with Crippen molar-refractivity contribution in [3.05, 3.63) is 35.1 Å². The quantitative estimate of drug-likeness (QED) is 0.854. The van der Waals surface area contributed by atoms with Crippen molar-refractivity contribution >= 4 is 11.9 Å². The SMILES string of the molecule is O=C(O)[C@@H]1CCN(C(=O)c2cccc(C(F)(F)F)c2F)C1. The third kappa shape index (κ3) is 2.98. The molecule has 0 spiro atoms. The molecule has 0 aliphatic carbocycles. The zero-order valence-electron chi connectivity index (χ0n) is 10.7. The van der Waals surface area contributed by atoms with E-state index in [1.165, 1.54) is 0 Å². The van der Waals surface area contributed by atoms with E-state index < -0.39 is 40.9 Å². The van der Waals surface area contributed by atoms with E-state index in [0.29, 0.717) is 6.07 Å². The van der Waals surface area contributed by atoms with Gasteiger partial charge in [0.25, 0.3) is 5.91 Å². The molecule has 1 N–H and O–H groups in total. The molecule has 1 aliphatic rings. The lowest BCUT2D eigenvalue weighted by molar-refractivity contribution is -0.141. The number of nitrogens with zero attached hydrogens (tertiary/aromatic N) is 1. The number of carbonyl (C=O) groups excluding carboxylic acids is 1. The molecule has 0 aromatic heterocycles. The Morgan fingerprint density at radius 2 is 1.95 bits per heavy atom. The highest BCUT2D eigenvalue weighted by Crippen LogP contribution is 2.33. The summed E-state index contributed by atoms with van der Waals surface area (Å²) in [6.07, 6.45) is -4.70. The lowest BCUT2D eigenvalue weighted by Crippen LogP contribution is -2.31. The monoisotopic (exact) mass is 305 g/mol. The summed E-state index contributed by atoms with van der Waals surface area (Å²) in [5.41, 5.74) is -2.21. The molecule has 2 rings (SSSR count). The molecule has 1 aromatic carbocycles. The molecule has 114 valence electrons. The molecule has 0 unspecified atom stereocenters. The number of carboxylic acids is 1. The van der Waals surface area contributed by atoms with Crippen LogP contribution in [0.2, 0.25) is 0 Å². The van der Waals surface area contributed by atoms with Gasteiger partial charge in [-0.3, -0.25) is 9.59 Å². The molecule has 0 bridgehead atoms. The molecule has 4 nitrogen and oxygen atoms in total. The Labute approximate surface area is 117 Å². The molecule has 0 saturated carbocycles. The summed E-state index contributed by atoms with van der Waals surface area (Å²) in [5, 5.41) is 8.83. The first kappa shape index (κ1) is 15.3. The minimum Gasteiger partial charge on any atom is -0.481 e. The Hall–Kier alpha value is -2.12. The van der Waals surface area contributed by atoms with Gasteiger partial charge in [-0.15, -0.1) is 0 Å². The Morgan fingerprint density at radius 3 is 2.48 bits per heavy atom. The van der Waals surface area contributed by atoms with Gasteiger partial charge in [-0.05, 0) is 18.6 Å². The molecule has 1 aromatic rings. The average Bonchev–Trinajstić information content (AvgIpc) is 2.86. The van der Waals surface area contributed by atoms with Crippen molar-refractivity contribution in [2.75, 3.05) is 13.1 Å². The molecule has 1 heterocycles. The maximum atomic E-state index is 13.8. The number of carbonyl (C=O) groups is 2. The molecule has 1 atom stereocenters. The maximum absolute atomic E-state index is 13.8. The van der Waals surface area contributed by atoms with Gasteiger partial charge in [0.2, 0.25) is 0 Å². The Bertz CT molecular complexity index is 585. The van der Waals surface area contributed by atoms with Gasteiger partial charge in [0.15, 0.2) is 0 Å². The van der Waals surface area contributed by atoms with E-state index in [-0.39, 0.29) is 19.5 Å². The number of hydrogen-bond acceptors (Lipinski definition) is 2. The van der Waals surface area contributed by atoms with E-state index in [0.717, 1.165) is 17.0 Å². The maximum Gasteiger partial charge on any atom is 0.419 e. The Morgan fingerprint density at radius 1 is 1.29 bits per heavy atom. The first-order valence-corrected chi connectivity index (χ1v) is 6.09. The highest BCUT2D eigenvalue weighted by molar-refractivity contribution is 5.95. The zero-order chi connectivity index (χ0) is 15.8. The lowest BCUT2D eigenvalue weighted by atomic mass is 10.1. The van der Waals surface area contributed by atoms with Crippen molar-refractivity contribution in [3.63, 3.8) is 0 Å². The van der Waals surface area contributed by atoms with Crippen LogP contribution in [-0.2, 0) is 11.0 Å². The van der Waals surface area contributed by atoms with Gasteiger partial charge in [0.1, 0.15) is 5.82 Å². The molecular weight excluding hydrogens is 294 g/mol. The van der Waals surface area contributed by atoms with Gasteiger partial charge in [-0.25, -0.2) is 4.39 Å². The molecular formula is C13H11F4NO3. The van der Waals surface area contributed by atoms with Crippen molar-refractivity contribution in [3.8, 4) is 0 Å². The number of benzene rings is 1. The van der Waals surface area contributed by atoms with E-state index in [1.807, 2.05) is 0 Å². The smallest absolute Gasteiger partial charge is 0.419 e. The largest absolute Gasteiger partial charge is 0.481 e. The summed E-state index contributed by atoms with van der Waals surface area (Å²) in [6.45, 7) is -0.0602. The summed E-state index contributed by atoms with van der Waals surface area (Å²) >= 11 is 0. The minimum absolute atomic E-state index is 0.0749. The number of aliphatic carboxylic acids is 1. The van der Waals surface area contributed by atoms with Gasteiger partial charge in [0, 0.05) is 13.1 Å². The van der Waals surface area contributed by atoms with Crippen LogP contribution >= 0.6 is 0 Å². The molecule has 21 heavy (non-hydrogen) atoms. The van der Waals surface area contributed by atoms with Crippen LogP contribution in [0, 0.1) is 11.7 Å². The summed E-state index contributed by atoms with van der Waals surface area (Å²) in [5.74, 6) is -4.42. The fourth-order valence-electron chi connectivity index (χ4n) is 2.23. The van der Waals surface area contributed by atoms with Gasteiger partial charge < -0.3 is 10.0 Å². The van der Waals surface area contributed by atoms with Crippen LogP contribution in [0.5, 0.6) is 0 Å². The summed E-state index contributed by atoms with van der Waals surface area (Å²) < 4.78 is 51.6. The minimum atomic E-state index is -4.89. The van der Waals surface area contributed by atoms with Crippen molar-refractivity contribution in [1.82, 2.24) is 4.90 Å². The summed E-state index contributed by atoms with van der Waals surface area (Å²) in [7, 11) is 0. The molecule has 1 saturated heterocycles. The third-order valence-electron chi connectivity index (χ3n) is 3.36. The number of amides is 1. The first-order chi connectivity index (χ1) is 9.71. The van der Waals surface area contributed by atoms with E-state index in [1.54, 1.807) is 0 Å². The highest BCUT2D eigenvalue weighted by Gasteiger charge is 2.37. The lowest BCUT2D eigenvalue weighted by Gasteiger charge is -2.17. The van der Waals surface area contributed by atoms with Crippen molar-refractivity contribution in [2.45, 2.75) is 12.6 Å². The van der Waals surface area contributed by atoms with Crippen LogP contribution in [-0.4, -0.2) is 35.0 Å². The number of likely N-dealkylation sites (tertiary alicyclic amines) is 1. The summed E-state index contributed by atoms with van der Waals surface area (Å²) in [4.78, 5) is 23.9. The fourth-order valence-corrected chi connectivity index (χ4v) is 2.23. The Balaban J connectivity index is 2.27. The van der Waals surface area contributed by atoms with Crippen LogP contribution in [0.15, 0.2) is 18.2 Å². The number of carboxylic acid groups (broad SMARTS) is 1. The second-order valence-electron chi connectivity index (χ2n) is 4.74. The van der Waals surface area contributed by atoms with E-state index >= 15 is 0 Å². The van der Waals surface area contributed by atoms with Gasteiger partial charge >= 0.3 is 12.1 Å². The predicted molar refractivity (Wildman–Crippen MR) is 63.0 cm³/mol. The first-order valence-electron chi connectivity index (χ1n) is 6.09. The van der Waals surface area contributed by atoms with Crippen molar-refractivity contribution in [1.29, 1.82) is 0 Å². The fraction of sp³-hybridized carbons (Fsp3) is 0.385. The van der Waals surface area contributed by atoms with Crippen LogP contribution in [0.4, 0.5) is 17.6 Å². The van der Waals surface area contributed by atoms with Gasteiger partial charge in [-0.2, -0.15) is 13.2 Å². The second-order valence-corrected chi connectivity index (χ2v) is 4.74. The number of rotatable bonds is 2. The van der Waals surface area contributed by atoms with Crippen LogP contribution in [0.3, 0.4) is 0 Å².